The molecule has 8 aromatic rings. The van der Waals surface area contributed by atoms with Gasteiger partial charge in [-0.25, -0.2) is 15.0 Å². The number of hydrogen-bond donors (Lipinski definition) is 0. The maximum atomic E-state index is 6.55. The lowest BCUT2D eigenvalue weighted by molar-refractivity contribution is 0.670. The van der Waals surface area contributed by atoms with E-state index in [-0.39, 0.29) is 0 Å². The van der Waals surface area contributed by atoms with Crippen molar-refractivity contribution in [1.29, 1.82) is 0 Å². The maximum absolute atomic E-state index is 6.55. The van der Waals surface area contributed by atoms with Gasteiger partial charge in [0, 0.05) is 27.5 Å². The molecular weight excluding hydrogens is 599 g/mol. The van der Waals surface area contributed by atoms with E-state index in [0.717, 1.165) is 72.0 Å². The Morgan fingerprint density at radius 2 is 1.14 bits per heavy atom. The smallest absolute Gasteiger partial charge is 0.164 e. The van der Waals surface area contributed by atoms with Crippen molar-refractivity contribution in [2.24, 2.45) is 0 Å². The van der Waals surface area contributed by atoms with E-state index in [2.05, 4.69) is 129 Å². The monoisotopic (exact) mass is 631 g/mol. The molecule has 234 valence electrons. The van der Waals surface area contributed by atoms with Gasteiger partial charge >= 0.3 is 0 Å². The fourth-order valence-electron chi connectivity index (χ4n) is 6.42. The molecule has 0 saturated heterocycles. The van der Waals surface area contributed by atoms with Crippen LogP contribution in [0, 0.1) is 0 Å². The second kappa shape index (κ2) is 13.0. The summed E-state index contributed by atoms with van der Waals surface area (Å²) in [5, 5.41) is 2.18. The first-order valence-corrected chi connectivity index (χ1v) is 16.5. The lowest BCUT2D eigenvalue weighted by Gasteiger charge is -2.11. The maximum Gasteiger partial charge on any atom is 0.164 e. The van der Waals surface area contributed by atoms with Gasteiger partial charge in [0.2, 0.25) is 0 Å². The number of aromatic nitrogens is 3. The summed E-state index contributed by atoms with van der Waals surface area (Å²) in [5.41, 5.74) is 11.2. The van der Waals surface area contributed by atoms with E-state index >= 15 is 0 Å². The minimum absolute atomic E-state index is 0.621. The molecule has 4 heteroatoms. The summed E-state index contributed by atoms with van der Waals surface area (Å²) >= 11 is 0. The standard InChI is InChI=1S/C45H33N3O/c1-3-31(32-16-7-4-8-17-32)28-30(2)43-46-44(34-20-11-6-12-21-34)48-45(47-43)36-23-13-22-35(29-36)37-24-15-27-40-41(37)39-26-14-25-38(42(39)49-40)33-18-9-5-10-19-33/h3-29H,1-2H3/b30-28+,31-3+. The van der Waals surface area contributed by atoms with E-state index in [9.17, 15) is 0 Å². The molecule has 49 heavy (non-hydrogen) atoms. The van der Waals surface area contributed by atoms with E-state index in [0.29, 0.717) is 17.5 Å². The molecular formula is C45H33N3O. The molecule has 0 bridgehead atoms. The Kier molecular flexibility index (Phi) is 7.96. The molecule has 0 fully saturated rings. The number of rotatable bonds is 7. The summed E-state index contributed by atoms with van der Waals surface area (Å²) < 4.78 is 6.55. The third-order valence-corrected chi connectivity index (χ3v) is 8.85. The van der Waals surface area contributed by atoms with Gasteiger partial charge in [-0.3, -0.25) is 0 Å². The number of hydrogen-bond acceptors (Lipinski definition) is 4. The number of furan rings is 1. The highest BCUT2D eigenvalue weighted by Crippen LogP contribution is 2.41. The summed E-state index contributed by atoms with van der Waals surface area (Å²) in [4.78, 5) is 15.0. The van der Waals surface area contributed by atoms with Crippen LogP contribution in [0.2, 0.25) is 0 Å². The third kappa shape index (κ3) is 5.85. The second-order valence-electron chi connectivity index (χ2n) is 12.0. The van der Waals surface area contributed by atoms with Crippen LogP contribution in [0.25, 0.3) is 78.1 Å². The van der Waals surface area contributed by atoms with E-state index < -0.39 is 0 Å². The normalized spacial score (nSPS) is 12.1. The van der Waals surface area contributed by atoms with E-state index in [1.54, 1.807) is 0 Å². The number of fused-ring (bicyclic) bond motifs is 3. The van der Waals surface area contributed by atoms with Crippen LogP contribution in [0.4, 0.5) is 0 Å². The van der Waals surface area contributed by atoms with Crippen LogP contribution in [0.1, 0.15) is 25.2 Å². The minimum atomic E-state index is 0.621. The van der Waals surface area contributed by atoms with Crippen molar-refractivity contribution in [1.82, 2.24) is 15.0 Å². The first kappa shape index (κ1) is 30.0. The fourth-order valence-corrected chi connectivity index (χ4v) is 6.42. The van der Waals surface area contributed by atoms with Crippen LogP contribution in [-0.2, 0) is 0 Å². The molecule has 0 saturated carbocycles. The van der Waals surface area contributed by atoms with Gasteiger partial charge in [0.25, 0.3) is 0 Å². The molecule has 0 atom stereocenters. The molecule has 0 aliphatic rings. The summed E-state index contributed by atoms with van der Waals surface area (Å²) in [6.07, 6.45) is 4.26. The molecule has 0 radical (unpaired) electrons. The Morgan fingerprint density at radius 3 is 1.88 bits per heavy atom. The van der Waals surface area contributed by atoms with Crippen molar-refractivity contribution in [3.05, 3.63) is 175 Å². The van der Waals surface area contributed by atoms with Gasteiger partial charge in [-0.05, 0) is 65.5 Å². The zero-order chi connectivity index (χ0) is 33.2. The molecule has 8 rings (SSSR count). The summed E-state index contributed by atoms with van der Waals surface area (Å²) in [5.74, 6) is 1.90. The van der Waals surface area contributed by atoms with Crippen LogP contribution in [0.5, 0.6) is 0 Å². The van der Waals surface area contributed by atoms with E-state index in [4.69, 9.17) is 19.4 Å². The Hall–Kier alpha value is -6.39. The van der Waals surface area contributed by atoms with Crippen molar-refractivity contribution < 1.29 is 4.42 Å². The van der Waals surface area contributed by atoms with E-state index in [1.165, 1.54) is 0 Å². The van der Waals surface area contributed by atoms with Crippen LogP contribution >= 0.6 is 0 Å². The zero-order valence-corrected chi connectivity index (χ0v) is 27.3. The first-order valence-electron chi connectivity index (χ1n) is 16.5. The number of nitrogens with zero attached hydrogens (tertiary/aromatic N) is 3. The molecule has 0 aliphatic heterocycles. The Labute approximate surface area is 285 Å². The van der Waals surface area contributed by atoms with Crippen LogP contribution < -0.4 is 0 Å². The van der Waals surface area contributed by atoms with Crippen LogP contribution in [-0.4, -0.2) is 15.0 Å². The predicted molar refractivity (Wildman–Crippen MR) is 203 cm³/mol. The van der Waals surface area contributed by atoms with E-state index in [1.807, 2.05) is 48.5 Å². The zero-order valence-electron chi connectivity index (χ0n) is 27.3. The topological polar surface area (TPSA) is 51.8 Å². The lowest BCUT2D eigenvalue weighted by Crippen LogP contribution is -2.02. The van der Waals surface area contributed by atoms with Gasteiger partial charge in [0.15, 0.2) is 17.5 Å². The minimum Gasteiger partial charge on any atom is -0.455 e. The summed E-state index contributed by atoms with van der Waals surface area (Å²) in [6.45, 7) is 4.11. The molecule has 0 unspecified atom stereocenters. The second-order valence-corrected chi connectivity index (χ2v) is 12.0. The van der Waals surface area contributed by atoms with Gasteiger partial charge in [-0.15, -0.1) is 0 Å². The highest BCUT2D eigenvalue weighted by molar-refractivity contribution is 6.15. The third-order valence-electron chi connectivity index (χ3n) is 8.85. The van der Waals surface area contributed by atoms with Crippen molar-refractivity contribution in [2.75, 3.05) is 0 Å². The van der Waals surface area contributed by atoms with Crippen molar-refractivity contribution in [2.45, 2.75) is 13.8 Å². The summed E-state index contributed by atoms with van der Waals surface area (Å²) in [6, 6.07) is 52.0. The molecule has 6 aromatic carbocycles. The van der Waals surface area contributed by atoms with Crippen molar-refractivity contribution >= 4 is 33.1 Å². The lowest BCUT2D eigenvalue weighted by atomic mass is 9.96. The molecule has 0 N–H and O–H groups in total. The molecule has 0 aliphatic carbocycles. The average molecular weight is 632 g/mol. The van der Waals surface area contributed by atoms with Gasteiger partial charge in [-0.2, -0.15) is 0 Å². The number of para-hydroxylation sites is 1. The van der Waals surface area contributed by atoms with Crippen LogP contribution in [0.15, 0.2) is 168 Å². The van der Waals surface area contributed by atoms with Crippen molar-refractivity contribution in [3.8, 4) is 45.0 Å². The van der Waals surface area contributed by atoms with Crippen LogP contribution in [0.3, 0.4) is 0 Å². The Balaban J connectivity index is 1.26. The van der Waals surface area contributed by atoms with Gasteiger partial charge in [-0.1, -0.05) is 146 Å². The molecule has 2 aromatic heterocycles. The van der Waals surface area contributed by atoms with Crippen molar-refractivity contribution in [3.63, 3.8) is 0 Å². The highest BCUT2D eigenvalue weighted by Gasteiger charge is 2.17. The molecule has 2 heterocycles. The summed E-state index contributed by atoms with van der Waals surface area (Å²) in [7, 11) is 0. The first-order chi connectivity index (χ1) is 24.2. The SMILES string of the molecule is C/C=C(\C=C(/C)c1nc(-c2ccccc2)nc(-c2cccc(-c3cccc4oc5c(-c6ccccc6)cccc5c34)c2)n1)c1ccccc1. The fraction of sp³-hybridized carbons (Fsp3) is 0.0444. The van der Waals surface area contributed by atoms with Gasteiger partial charge < -0.3 is 4.42 Å². The quantitative estimate of drug-likeness (QED) is 0.164. The van der Waals surface area contributed by atoms with Gasteiger partial charge in [0.1, 0.15) is 11.2 Å². The Morgan fingerprint density at radius 1 is 0.551 bits per heavy atom. The Bertz CT molecular complexity index is 2500. The largest absolute Gasteiger partial charge is 0.455 e. The molecule has 4 nitrogen and oxygen atoms in total. The average Bonchev–Trinajstić information content (AvgIpc) is 3.57. The number of allylic oxidation sites excluding steroid dienone is 4. The molecule has 0 amide bonds. The number of benzene rings is 6. The predicted octanol–water partition coefficient (Wildman–Crippen LogP) is 11.9. The van der Waals surface area contributed by atoms with Gasteiger partial charge in [0.05, 0.1) is 0 Å². The highest BCUT2D eigenvalue weighted by atomic mass is 16.3. The molecule has 0 spiro atoms.